The summed E-state index contributed by atoms with van der Waals surface area (Å²) in [6.07, 6.45) is -4.48. The molecular weight excluding hydrogens is 536 g/mol. The molecule has 4 rings (SSSR count). The van der Waals surface area contributed by atoms with Gasteiger partial charge in [0, 0.05) is 37.1 Å². The molecule has 0 aromatic carbocycles. The van der Waals surface area contributed by atoms with E-state index in [1.807, 2.05) is 17.6 Å². The SMILES string of the molecule is Cc1ncsc1CN1CC[C@]2(C[C@H](Oc3cccnc3)CO2)C1.O=C(O)C(F)(F)F.O=C(O)C(F)(F)F. The van der Waals surface area contributed by atoms with Crippen LogP contribution in [0.25, 0.3) is 0 Å². The van der Waals surface area contributed by atoms with Crippen LogP contribution in [0.4, 0.5) is 26.3 Å². The summed E-state index contributed by atoms with van der Waals surface area (Å²) in [4.78, 5) is 30.1. The summed E-state index contributed by atoms with van der Waals surface area (Å²) >= 11 is 1.74. The number of carboxylic acid groups (broad SMARTS) is 2. The Morgan fingerprint density at radius 3 is 2.32 bits per heavy atom. The van der Waals surface area contributed by atoms with Gasteiger partial charge in [-0.25, -0.2) is 14.6 Å². The van der Waals surface area contributed by atoms with E-state index in [4.69, 9.17) is 29.3 Å². The fraction of sp³-hybridized carbons (Fsp3) is 0.524. The van der Waals surface area contributed by atoms with Gasteiger partial charge in [-0.15, -0.1) is 11.3 Å². The van der Waals surface area contributed by atoms with Crippen molar-refractivity contribution in [3.8, 4) is 5.75 Å². The van der Waals surface area contributed by atoms with Crippen molar-refractivity contribution >= 4 is 23.3 Å². The van der Waals surface area contributed by atoms with Gasteiger partial charge in [0.1, 0.15) is 11.9 Å². The normalized spacial score (nSPS) is 21.5. The lowest BCUT2D eigenvalue weighted by Crippen LogP contribution is -2.33. The van der Waals surface area contributed by atoms with E-state index in [0.29, 0.717) is 6.61 Å². The molecule has 2 aliphatic rings. The van der Waals surface area contributed by atoms with Crippen LogP contribution in [0.5, 0.6) is 5.75 Å². The molecule has 1 spiro atoms. The molecule has 2 aromatic heterocycles. The molecule has 0 bridgehead atoms. The summed E-state index contributed by atoms with van der Waals surface area (Å²) in [5, 5.41) is 14.2. The third kappa shape index (κ3) is 9.77. The van der Waals surface area contributed by atoms with Crippen molar-refractivity contribution in [2.24, 2.45) is 0 Å². The highest BCUT2D eigenvalue weighted by Gasteiger charge is 2.46. The first-order valence-electron chi connectivity index (χ1n) is 10.5. The molecule has 2 atom stereocenters. The molecule has 2 aromatic rings. The van der Waals surface area contributed by atoms with Gasteiger partial charge in [0.2, 0.25) is 0 Å². The van der Waals surface area contributed by atoms with Gasteiger partial charge < -0.3 is 19.7 Å². The van der Waals surface area contributed by atoms with E-state index in [1.54, 1.807) is 23.7 Å². The molecule has 0 unspecified atom stereocenters. The van der Waals surface area contributed by atoms with Crippen molar-refractivity contribution in [2.75, 3.05) is 19.7 Å². The standard InChI is InChI=1S/C17H21N3O2S.2C2HF3O2/c1-13-16(23-12-19-13)9-20-6-4-17(11-20)7-15(10-21-17)22-14-3-2-5-18-8-14;2*3-2(4,5)1(6)7/h2-3,5,8,12,15H,4,6-7,9-11H2,1H3;2*(H,6,7)/t15-,17-;;/m0../s1. The number of carbonyl (C=O) groups is 2. The van der Waals surface area contributed by atoms with E-state index in [2.05, 4.69) is 21.8 Å². The molecule has 2 aliphatic heterocycles. The maximum atomic E-state index is 10.6. The maximum Gasteiger partial charge on any atom is 0.490 e. The number of carboxylic acids is 2. The number of aliphatic carboxylic acids is 2. The summed E-state index contributed by atoms with van der Waals surface area (Å²) in [6.45, 7) is 5.80. The number of halogens is 6. The zero-order chi connectivity index (χ0) is 27.9. The highest BCUT2D eigenvalue weighted by molar-refractivity contribution is 7.09. The number of thiazole rings is 1. The molecule has 0 saturated carbocycles. The van der Waals surface area contributed by atoms with E-state index >= 15 is 0 Å². The summed E-state index contributed by atoms with van der Waals surface area (Å²) in [7, 11) is 0. The number of hydrogen-bond acceptors (Lipinski definition) is 8. The second kappa shape index (κ2) is 12.5. The second-order valence-electron chi connectivity index (χ2n) is 8.05. The quantitative estimate of drug-likeness (QED) is 0.537. The Bertz CT molecular complexity index is 1010. The van der Waals surface area contributed by atoms with Gasteiger partial charge >= 0.3 is 24.3 Å². The topological polar surface area (TPSA) is 122 Å². The predicted octanol–water partition coefficient (Wildman–Crippen LogP) is 3.93. The Hall–Kier alpha value is -2.98. The highest BCUT2D eigenvalue weighted by Crippen LogP contribution is 2.37. The van der Waals surface area contributed by atoms with Gasteiger partial charge in [-0.3, -0.25) is 9.88 Å². The minimum Gasteiger partial charge on any atom is -0.486 e. The number of rotatable bonds is 4. The van der Waals surface area contributed by atoms with Gasteiger partial charge in [-0.2, -0.15) is 26.3 Å². The molecule has 206 valence electrons. The van der Waals surface area contributed by atoms with Crippen LogP contribution in [0.3, 0.4) is 0 Å². The van der Waals surface area contributed by atoms with Crippen molar-refractivity contribution in [2.45, 2.75) is 50.4 Å². The van der Waals surface area contributed by atoms with Gasteiger partial charge in [0.05, 0.1) is 29.6 Å². The molecule has 0 radical (unpaired) electrons. The van der Waals surface area contributed by atoms with Crippen LogP contribution in [0, 0.1) is 6.92 Å². The van der Waals surface area contributed by atoms with Crippen LogP contribution < -0.4 is 4.74 Å². The molecule has 2 saturated heterocycles. The molecule has 9 nitrogen and oxygen atoms in total. The lowest BCUT2D eigenvalue weighted by Gasteiger charge is -2.23. The molecule has 16 heteroatoms. The largest absolute Gasteiger partial charge is 0.490 e. The van der Waals surface area contributed by atoms with Crippen LogP contribution >= 0.6 is 11.3 Å². The lowest BCUT2D eigenvalue weighted by atomic mass is 9.98. The Kier molecular flexibility index (Phi) is 10.2. The van der Waals surface area contributed by atoms with Gasteiger partial charge in [-0.1, -0.05) is 0 Å². The highest BCUT2D eigenvalue weighted by atomic mass is 32.1. The molecule has 2 N–H and O–H groups in total. The van der Waals surface area contributed by atoms with Crippen LogP contribution in [0.1, 0.15) is 23.4 Å². The first-order valence-corrected chi connectivity index (χ1v) is 11.4. The Labute approximate surface area is 210 Å². The average Bonchev–Trinajstić information content (AvgIpc) is 3.50. The minimum absolute atomic E-state index is 0.0362. The Morgan fingerprint density at radius 1 is 1.22 bits per heavy atom. The van der Waals surface area contributed by atoms with E-state index in [9.17, 15) is 26.3 Å². The summed E-state index contributed by atoms with van der Waals surface area (Å²) in [6, 6.07) is 3.85. The zero-order valence-electron chi connectivity index (χ0n) is 19.3. The number of pyridine rings is 1. The number of ether oxygens (including phenoxy) is 2. The van der Waals surface area contributed by atoms with Crippen molar-refractivity contribution in [3.05, 3.63) is 40.6 Å². The van der Waals surface area contributed by atoms with Crippen molar-refractivity contribution < 1.29 is 55.6 Å². The van der Waals surface area contributed by atoms with Gasteiger partial charge in [0.15, 0.2) is 0 Å². The number of hydrogen-bond donors (Lipinski definition) is 2. The van der Waals surface area contributed by atoms with Crippen LogP contribution in [0.2, 0.25) is 0 Å². The van der Waals surface area contributed by atoms with E-state index in [1.165, 1.54) is 4.88 Å². The number of nitrogens with zero attached hydrogens (tertiary/aromatic N) is 3. The number of alkyl halides is 6. The summed E-state index contributed by atoms with van der Waals surface area (Å²) in [5.74, 6) is -4.69. The monoisotopic (exact) mass is 559 g/mol. The lowest BCUT2D eigenvalue weighted by molar-refractivity contribution is -0.193. The number of aromatic nitrogens is 2. The average molecular weight is 559 g/mol. The maximum absolute atomic E-state index is 10.6. The zero-order valence-corrected chi connectivity index (χ0v) is 20.1. The molecule has 2 fully saturated rings. The first kappa shape index (κ1) is 30.2. The molecule has 4 heterocycles. The fourth-order valence-electron chi connectivity index (χ4n) is 3.52. The summed E-state index contributed by atoms with van der Waals surface area (Å²) in [5.41, 5.74) is 3.05. The molecule has 0 aliphatic carbocycles. The third-order valence-corrected chi connectivity index (χ3v) is 6.12. The van der Waals surface area contributed by atoms with Crippen molar-refractivity contribution in [3.63, 3.8) is 0 Å². The summed E-state index contributed by atoms with van der Waals surface area (Å²) < 4.78 is 75.6. The van der Waals surface area contributed by atoms with E-state index in [-0.39, 0.29) is 11.7 Å². The van der Waals surface area contributed by atoms with Crippen LogP contribution in [-0.4, -0.2) is 80.8 Å². The molecular formula is C21H23F6N3O6S. The number of aryl methyl sites for hydroxylation is 1. The van der Waals surface area contributed by atoms with Crippen LogP contribution in [-0.2, 0) is 20.9 Å². The fourth-order valence-corrected chi connectivity index (χ4v) is 4.33. The second-order valence-corrected chi connectivity index (χ2v) is 8.99. The van der Waals surface area contributed by atoms with E-state index in [0.717, 1.165) is 43.9 Å². The predicted molar refractivity (Wildman–Crippen MR) is 116 cm³/mol. The van der Waals surface area contributed by atoms with Crippen molar-refractivity contribution in [1.29, 1.82) is 0 Å². The smallest absolute Gasteiger partial charge is 0.486 e. The molecule has 37 heavy (non-hydrogen) atoms. The third-order valence-electron chi connectivity index (χ3n) is 5.20. The van der Waals surface area contributed by atoms with Gasteiger partial charge in [-0.05, 0) is 25.5 Å². The van der Waals surface area contributed by atoms with Crippen molar-refractivity contribution in [1.82, 2.24) is 14.9 Å². The van der Waals surface area contributed by atoms with Crippen LogP contribution in [0.15, 0.2) is 30.0 Å². The van der Waals surface area contributed by atoms with Gasteiger partial charge in [0.25, 0.3) is 0 Å². The first-order chi connectivity index (χ1) is 17.1. The molecule has 0 amide bonds. The minimum atomic E-state index is -5.08. The Morgan fingerprint density at radius 2 is 1.84 bits per heavy atom. The van der Waals surface area contributed by atoms with E-state index < -0.39 is 24.3 Å². The Balaban J connectivity index is 0.000000286. The number of likely N-dealkylation sites (tertiary alicyclic amines) is 1.